The molecule has 4 bridgehead atoms. The number of carbonyl (C=O) groups excluding carboxylic acids is 1. The van der Waals surface area contributed by atoms with Crippen LogP contribution in [0.2, 0.25) is 10.0 Å². The molecule has 8 heteroatoms. The molecule has 2 N–H and O–H groups in total. The molecule has 4 aliphatic carbocycles. The first kappa shape index (κ1) is 24.9. The van der Waals surface area contributed by atoms with Crippen molar-refractivity contribution in [2.45, 2.75) is 45.1 Å². The summed E-state index contributed by atoms with van der Waals surface area (Å²) < 4.78 is 15.4. The van der Waals surface area contributed by atoms with Crippen LogP contribution in [0.1, 0.15) is 48.2 Å². The van der Waals surface area contributed by atoms with E-state index >= 15 is 0 Å². The van der Waals surface area contributed by atoms with Crippen molar-refractivity contribution < 1.29 is 9.18 Å². The van der Waals surface area contributed by atoms with Crippen LogP contribution in [-0.4, -0.2) is 34.8 Å². The number of benzene rings is 2. The van der Waals surface area contributed by atoms with Crippen molar-refractivity contribution in [2.75, 3.05) is 13.1 Å². The fourth-order valence-corrected chi connectivity index (χ4v) is 7.62. The SMILES string of the molecule is Cc1c(C(=O)NCCNC2[C@H]3C[C@@H]4C[C@@H](C[C@H]2C4)C3)nn(-c2ccc(F)cc2Cl)c1-c1ccc(Cl)cc1. The first-order valence-electron chi connectivity index (χ1n) is 13.2. The zero-order chi connectivity index (χ0) is 25.7. The van der Waals surface area contributed by atoms with Gasteiger partial charge in [0.05, 0.1) is 16.4 Å². The summed E-state index contributed by atoms with van der Waals surface area (Å²) in [5.41, 5.74) is 3.08. The Bertz CT molecular complexity index is 1290. The van der Waals surface area contributed by atoms with Crippen LogP contribution < -0.4 is 10.6 Å². The Labute approximate surface area is 226 Å². The molecule has 0 unspecified atom stereocenters. The van der Waals surface area contributed by atoms with Gasteiger partial charge in [0.15, 0.2) is 5.69 Å². The molecule has 1 heterocycles. The molecule has 5 nitrogen and oxygen atoms in total. The van der Waals surface area contributed by atoms with E-state index in [2.05, 4.69) is 15.7 Å². The molecule has 4 fully saturated rings. The fourth-order valence-electron chi connectivity index (χ4n) is 7.24. The third-order valence-corrected chi connectivity index (χ3v) is 9.16. The number of halogens is 3. The largest absolute Gasteiger partial charge is 0.349 e. The number of rotatable bonds is 7. The molecule has 1 amide bonds. The Balaban J connectivity index is 1.19. The molecule has 7 rings (SSSR count). The van der Waals surface area contributed by atoms with Crippen molar-refractivity contribution in [3.05, 3.63) is 69.6 Å². The third-order valence-electron chi connectivity index (χ3n) is 8.61. The lowest BCUT2D eigenvalue weighted by Gasteiger charge is -2.54. The number of nitrogens with zero attached hydrogens (tertiary/aromatic N) is 2. The second kappa shape index (κ2) is 10.0. The minimum Gasteiger partial charge on any atom is -0.349 e. The molecule has 0 atom stereocenters. The van der Waals surface area contributed by atoms with E-state index in [9.17, 15) is 9.18 Å². The standard InChI is InChI=1S/C29H31Cl2FN4O/c1-16-26(29(37)34-9-8-33-27-20-11-17-10-18(13-20)14-21(27)12-17)35-36(25-7-6-23(32)15-24(25)31)28(16)19-2-4-22(30)5-3-19/h2-7,15,17-18,20-21,27,33H,8-14H2,1H3,(H,34,37)/t17-,18+,20-,21+,27?. The predicted molar refractivity (Wildman–Crippen MR) is 145 cm³/mol. The molecule has 37 heavy (non-hydrogen) atoms. The second-order valence-corrected chi connectivity index (χ2v) is 11.8. The summed E-state index contributed by atoms with van der Waals surface area (Å²) in [4.78, 5) is 13.3. The van der Waals surface area contributed by atoms with Gasteiger partial charge in [-0.15, -0.1) is 0 Å². The van der Waals surface area contributed by atoms with Crippen LogP contribution in [0.5, 0.6) is 0 Å². The Hall–Kier alpha value is -2.41. The molecule has 3 aromatic rings. The zero-order valence-electron chi connectivity index (χ0n) is 20.8. The summed E-state index contributed by atoms with van der Waals surface area (Å²) in [5, 5.41) is 12.3. The van der Waals surface area contributed by atoms with E-state index in [1.807, 2.05) is 19.1 Å². The highest BCUT2D eigenvalue weighted by Crippen LogP contribution is 2.53. The Kier molecular flexibility index (Phi) is 6.76. The van der Waals surface area contributed by atoms with Gasteiger partial charge >= 0.3 is 0 Å². The van der Waals surface area contributed by atoms with Gasteiger partial charge in [0.25, 0.3) is 5.91 Å². The fraction of sp³-hybridized carbons (Fsp3) is 0.448. The van der Waals surface area contributed by atoms with E-state index in [1.54, 1.807) is 22.9 Å². The minimum absolute atomic E-state index is 0.213. The Morgan fingerprint density at radius 1 is 1.00 bits per heavy atom. The van der Waals surface area contributed by atoms with E-state index in [0.29, 0.717) is 40.2 Å². The van der Waals surface area contributed by atoms with Crippen molar-refractivity contribution >= 4 is 29.1 Å². The minimum atomic E-state index is -0.435. The van der Waals surface area contributed by atoms with Crippen molar-refractivity contribution in [1.29, 1.82) is 0 Å². The zero-order valence-corrected chi connectivity index (χ0v) is 22.3. The van der Waals surface area contributed by atoms with Crippen molar-refractivity contribution in [3.8, 4) is 16.9 Å². The van der Waals surface area contributed by atoms with Gasteiger partial charge in [-0.1, -0.05) is 35.3 Å². The molecule has 0 spiro atoms. The molecule has 0 aliphatic heterocycles. The van der Waals surface area contributed by atoms with Gasteiger partial charge in [0.2, 0.25) is 0 Å². The van der Waals surface area contributed by atoms with Crippen molar-refractivity contribution in [3.63, 3.8) is 0 Å². The highest BCUT2D eigenvalue weighted by molar-refractivity contribution is 6.32. The lowest BCUT2D eigenvalue weighted by molar-refractivity contribution is -0.0133. The van der Waals surface area contributed by atoms with E-state index in [4.69, 9.17) is 23.2 Å². The molecule has 1 aromatic heterocycles. The van der Waals surface area contributed by atoms with Crippen molar-refractivity contribution in [1.82, 2.24) is 20.4 Å². The molecule has 4 aliphatic rings. The van der Waals surface area contributed by atoms with Gasteiger partial charge < -0.3 is 10.6 Å². The van der Waals surface area contributed by atoms with Crippen LogP contribution in [0.4, 0.5) is 4.39 Å². The van der Waals surface area contributed by atoms with E-state index < -0.39 is 5.82 Å². The molecule has 194 valence electrons. The second-order valence-electron chi connectivity index (χ2n) is 11.0. The van der Waals surface area contributed by atoms with Gasteiger partial charge in [-0.25, -0.2) is 9.07 Å². The average molecular weight is 541 g/mol. The van der Waals surface area contributed by atoms with Gasteiger partial charge in [-0.2, -0.15) is 5.10 Å². The lowest BCUT2D eigenvalue weighted by atomic mass is 9.54. The van der Waals surface area contributed by atoms with Crippen LogP contribution in [0.25, 0.3) is 16.9 Å². The quantitative estimate of drug-likeness (QED) is 0.339. The number of nitrogens with one attached hydrogen (secondary N) is 2. The van der Waals surface area contributed by atoms with Crippen LogP contribution >= 0.6 is 23.2 Å². The smallest absolute Gasteiger partial charge is 0.272 e. The summed E-state index contributed by atoms with van der Waals surface area (Å²) in [6.45, 7) is 3.14. The summed E-state index contributed by atoms with van der Waals surface area (Å²) in [7, 11) is 0. The molecule has 0 saturated heterocycles. The predicted octanol–water partition coefficient (Wildman–Crippen LogP) is 6.44. The van der Waals surface area contributed by atoms with Crippen LogP contribution in [-0.2, 0) is 0 Å². The van der Waals surface area contributed by atoms with Gasteiger partial charge in [-0.05, 0) is 93.0 Å². The van der Waals surface area contributed by atoms with Crippen LogP contribution in [0, 0.1) is 36.4 Å². The summed E-state index contributed by atoms with van der Waals surface area (Å²) in [5.74, 6) is 2.82. The van der Waals surface area contributed by atoms with Gasteiger partial charge in [-0.3, -0.25) is 4.79 Å². The Morgan fingerprint density at radius 3 is 2.32 bits per heavy atom. The molecular weight excluding hydrogens is 510 g/mol. The highest BCUT2D eigenvalue weighted by Gasteiger charge is 2.47. The van der Waals surface area contributed by atoms with Gasteiger partial charge in [0.1, 0.15) is 5.82 Å². The average Bonchev–Trinajstić information content (AvgIpc) is 3.20. The van der Waals surface area contributed by atoms with E-state index in [-0.39, 0.29) is 10.9 Å². The number of hydrogen-bond donors (Lipinski definition) is 2. The highest BCUT2D eigenvalue weighted by atomic mass is 35.5. The molecular formula is C29H31Cl2FN4O. The summed E-state index contributed by atoms with van der Waals surface area (Å²) >= 11 is 12.5. The maximum absolute atomic E-state index is 13.7. The van der Waals surface area contributed by atoms with Gasteiger partial charge in [0, 0.05) is 35.3 Å². The topological polar surface area (TPSA) is 59.0 Å². The maximum Gasteiger partial charge on any atom is 0.272 e. The van der Waals surface area contributed by atoms with E-state index in [0.717, 1.165) is 35.8 Å². The molecule has 4 saturated carbocycles. The number of aromatic nitrogens is 2. The van der Waals surface area contributed by atoms with Crippen molar-refractivity contribution in [2.24, 2.45) is 23.7 Å². The Morgan fingerprint density at radius 2 is 1.68 bits per heavy atom. The normalized spacial score (nSPS) is 26.0. The summed E-state index contributed by atoms with van der Waals surface area (Å²) in [6, 6.07) is 12.1. The monoisotopic (exact) mass is 540 g/mol. The van der Waals surface area contributed by atoms with Crippen LogP contribution in [0.3, 0.4) is 0 Å². The number of amides is 1. The molecule has 0 radical (unpaired) electrons. The maximum atomic E-state index is 13.7. The number of hydrogen-bond acceptors (Lipinski definition) is 3. The first-order chi connectivity index (χ1) is 17.9. The number of carbonyl (C=O) groups is 1. The lowest BCUT2D eigenvalue weighted by Crippen LogP contribution is -2.55. The first-order valence-corrected chi connectivity index (χ1v) is 14.0. The summed E-state index contributed by atoms with van der Waals surface area (Å²) in [6.07, 6.45) is 6.92. The van der Waals surface area contributed by atoms with Crippen LogP contribution in [0.15, 0.2) is 42.5 Å². The third kappa shape index (κ3) is 4.80. The van der Waals surface area contributed by atoms with E-state index in [1.165, 1.54) is 44.2 Å². The molecule has 2 aromatic carbocycles.